The van der Waals surface area contributed by atoms with Crippen LogP contribution in [0.3, 0.4) is 0 Å². The number of benzene rings is 1. The average Bonchev–Trinajstić information content (AvgIpc) is 2.18. The zero-order chi connectivity index (χ0) is 10.6. The number of primary amides is 1. The molecule has 0 heterocycles. The molecule has 0 saturated carbocycles. The number of amides is 1. The SMILES string of the molecule is CCOc1c(CC)cccc1C(N)=O.[Cu]. The third-order valence-electron chi connectivity index (χ3n) is 2.03. The van der Waals surface area contributed by atoms with Gasteiger partial charge in [0.2, 0.25) is 0 Å². The smallest absolute Gasteiger partial charge is 0.252 e. The Balaban J connectivity index is 0.00000196. The number of rotatable bonds is 4. The van der Waals surface area contributed by atoms with Crippen molar-refractivity contribution in [3.05, 3.63) is 29.3 Å². The van der Waals surface area contributed by atoms with Gasteiger partial charge in [-0.25, -0.2) is 0 Å². The van der Waals surface area contributed by atoms with Gasteiger partial charge in [-0.1, -0.05) is 19.1 Å². The maximum absolute atomic E-state index is 11.1. The number of hydrogen-bond acceptors (Lipinski definition) is 2. The van der Waals surface area contributed by atoms with E-state index in [4.69, 9.17) is 10.5 Å². The zero-order valence-corrected chi connectivity index (χ0v) is 9.78. The minimum absolute atomic E-state index is 0. The number of ether oxygens (including phenoxy) is 1. The van der Waals surface area contributed by atoms with E-state index in [0.717, 1.165) is 12.0 Å². The Labute approximate surface area is 100 Å². The largest absolute Gasteiger partial charge is 0.493 e. The first-order valence-electron chi connectivity index (χ1n) is 4.75. The molecular formula is C11H15CuNO2. The summed E-state index contributed by atoms with van der Waals surface area (Å²) in [5.41, 5.74) is 6.73. The van der Waals surface area contributed by atoms with Crippen LogP contribution in [-0.2, 0) is 23.5 Å². The van der Waals surface area contributed by atoms with Crippen molar-refractivity contribution >= 4 is 5.91 Å². The summed E-state index contributed by atoms with van der Waals surface area (Å²) >= 11 is 0. The molecule has 1 aromatic rings. The van der Waals surface area contributed by atoms with Crippen LogP contribution in [0.15, 0.2) is 18.2 Å². The van der Waals surface area contributed by atoms with Crippen molar-refractivity contribution in [1.82, 2.24) is 0 Å². The van der Waals surface area contributed by atoms with Crippen molar-refractivity contribution in [2.24, 2.45) is 5.73 Å². The third kappa shape index (κ3) is 3.26. The number of para-hydroxylation sites is 1. The molecule has 1 aromatic carbocycles. The summed E-state index contributed by atoms with van der Waals surface area (Å²) in [5.74, 6) is 0.189. The molecule has 0 aliphatic heterocycles. The van der Waals surface area contributed by atoms with Gasteiger partial charge >= 0.3 is 0 Å². The molecule has 0 aliphatic carbocycles. The predicted molar refractivity (Wildman–Crippen MR) is 55.5 cm³/mol. The van der Waals surface area contributed by atoms with Crippen LogP contribution in [-0.4, -0.2) is 12.5 Å². The van der Waals surface area contributed by atoms with E-state index in [1.807, 2.05) is 26.0 Å². The van der Waals surface area contributed by atoms with Crippen LogP contribution in [0, 0.1) is 0 Å². The fraction of sp³-hybridized carbons (Fsp3) is 0.364. The molecule has 15 heavy (non-hydrogen) atoms. The third-order valence-corrected chi connectivity index (χ3v) is 2.03. The maximum atomic E-state index is 11.1. The van der Waals surface area contributed by atoms with Gasteiger partial charge in [-0.2, -0.15) is 0 Å². The summed E-state index contributed by atoms with van der Waals surface area (Å²) in [6.07, 6.45) is 0.830. The average molecular weight is 257 g/mol. The summed E-state index contributed by atoms with van der Waals surface area (Å²) in [4.78, 5) is 11.1. The first-order valence-corrected chi connectivity index (χ1v) is 4.75. The minimum Gasteiger partial charge on any atom is -0.493 e. The number of nitrogens with two attached hydrogens (primary N) is 1. The van der Waals surface area contributed by atoms with Crippen molar-refractivity contribution in [1.29, 1.82) is 0 Å². The second kappa shape index (κ2) is 6.49. The molecular weight excluding hydrogens is 242 g/mol. The Morgan fingerprint density at radius 3 is 2.53 bits per heavy atom. The minimum atomic E-state index is -0.441. The molecule has 3 nitrogen and oxygen atoms in total. The van der Waals surface area contributed by atoms with E-state index in [1.54, 1.807) is 6.07 Å². The fourth-order valence-electron chi connectivity index (χ4n) is 1.37. The summed E-state index contributed by atoms with van der Waals surface area (Å²) in [6, 6.07) is 5.45. The number of carbonyl (C=O) groups excluding carboxylic acids is 1. The summed E-state index contributed by atoms with van der Waals surface area (Å²) in [6.45, 7) is 4.44. The van der Waals surface area contributed by atoms with E-state index >= 15 is 0 Å². The van der Waals surface area contributed by atoms with Crippen LogP contribution >= 0.6 is 0 Å². The second-order valence-corrected chi connectivity index (χ2v) is 2.94. The van der Waals surface area contributed by atoms with Gasteiger partial charge in [0, 0.05) is 17.1 Å². The first kappa shape index (κ1) is 14.0. The van der Waals surface area contributed by atoms with Gasteiger partial charge in [-0.3, -0.25) is 4.79 Å². The van der Waals surface area contributed by atoms with Gasteiger partial charge in [0.25, 0.3) is 5.91 Å². The van der Waals surface area contributed by atoms with Gasteiger partial charge in [-0.05, 0) is 25.0 Å². The molecule has 0 unspecified atom stereocenters. The molecule has 0 spiro atoms. The Kier molecular flexibility index (Phi) is 6.06. The molecule has 4 heteroatoms. The molecule has 0 aromatic heterocycles. The van der Waals surface area contributed by atoms with Crippen LogP contribution in [0.4, 0.5) is 0 Å². The van der Waals surface area contributed by atoms with Gasteiger partial charge < -0.3 is 10.5 Å². The van der Waals surface area contributed by atoms with E-state index in [1.165, 1.54) is 0 Å². The first-order chi connectivity index (χ1) is 6.70. The summed E-state index contributed by atoms with van der Waals surface area (Å²) in [5, 5.41) is 0. The Hall–Kier alpha value is -0.991. The van der Waals surface area contributed by atoms with Crippen LogP contribution in [0.5, 0.6) is 5.75 Å². The van der Waals surface area contributed by atoms with Gasteiger partial charge in [0.15, 0.2) is 0 Å². The number of hydrogen-bond donors (Lipinski definition) is 1. The zero-order valence-electron chi connectivity index (χ0n) is 8.84. The molecule has 0 aliphatic rings. The molecule has 0 atom stereocenters. The van der Waals surface area contributed by atoms with Gasteiger partial charge in [0.1, 0.15) is 5.75 Å². The predicted octanol–water partition coefficient (Wildman–Crippen LogP) is 1.74. The van der Waals surface area contributed by atoms with E-state index in [9.17, 15) is 4.79 Å². The van der Waals surface area contributed by atoms with Gasteiger partial charge in [-0.15, -0.1) is 0 Å². The monoisotopic (exact) mass is 256 g/mol. The molecule has 1 amide bonds. The van der Waals surface area contributed by atoms with Crippen LogP contribution in [0.25, 0.3) is 0 Å². The molecule has 0 fully saturated rings. The maximum Gasteiger partial charge on any atom is 0.252 e. The molecule has 0 saturated heterocycles. The molecule has 0 bridgehead atoms. The normalized spacial score (nSPS) is 9.20. The van der Waals surface area contributed by atoms with Crippen LogP contribution in [0.2, 0.25) is 0 Å². The van der Waals surface area contributed by atoms with E-state index in [0.29, 0.717) is 17.9 Å². The van der Waals surface area contributed by atoms with Gasteiger partial charge in [0.05, 0.1) is 12.2 Å². The summed E-state index contributed by atoms with van der Waals surface area (Å²) in [7, 11) is 0. The molecule has 1 rings (SSSR count). The molecule has 1 radical (unpaired) electrons. The van der Waals surface area contributed by atoms with E-state index in [-0.39, 0.29) is 17.1 Å². The number of aryl methyl sites for hydroxylation is 1. The quantitative estimate of drug-likeness (QED) is 0.835. The molecule has 87 valence electrons. The Morgan fingerprint density at radius 1 is 1.40 bits per heavy atom. The van der Waals surface area contributed by atoms with E-state index < -0.39 is 5.91 Å². The van der Waals surface area contributed by atoms with Crippen molar-refractivity contribution < 1.29 is 26.6 Å². The number of carbonyl (C=O) groups is 1. The molecule has 2 N–H and O–H groups in total. The van der Waals surface area contributed by atoms with Crippen LogP contribution < -0.4 is 10.5 Å². The fourth-order valence-corrected chi connectivity index (χ4v) is 1.37. The Bertz CT molecular complexity index is 339. The van der Waals surface area contributed by atoms with E-state index in [2.05, 4.69) is 0 Å². The topological polar surface area (TPSA) is 52.3 Å². The summed E-state index contributed by atoms with van der Waals surface area (Å²) < 4.78 is 5.42. The Morgan fingerprint density at radius 2 is 2.07 bits per heavy atom. The second-order valence-electron chi connectivity index (χ2n) is 2.94. The standard InChI is InChI=1S/C11H15NO2.Cu/c1-3-8-6-5-7-9(11(12)13)10(8)14-4-2;/h5-7H,3-4H2,1-2H3,(H2,12,13);. The van der Waals surface area contributed by atoms with Crippen LogP contribution in [0.1, 0.15) is 29.8 Å². The van der Waals surface area contributed by atoms with Crippen molar-refractivity contribution in [3.8, 4) is 5.75 Å². The van der Waals surface area contributed by atoms with Crippen molar-refractivity contribution in [3.63, 3.8) is 0 Å². The van der Waals surface area contributed by atoms with Crippen molar-refractivity contribution in [2.75, 3.05) is 6.61 Å². The van der Waals surface area contributed by atoms with Crippen molar-refractivity contribution in [2.45, 2.75) is 20.3 Å².